The molecule has 90 valence electrons. The number of thiophene rings is 1. The van der Waals surface area contributed by atoms with Crippen LogP contribution in [0.3, 0.4) is 0 Å². The maximum Gasteiger partial charge on any atom is 0.189 e. The Balaban J connectivity index is 1.98. The first-order valence-corrected chi connectivity index (χ1v) is 6.61. The molecule has 18 heavy (non-hydrogen) atoms. The molecule has 1 aliphatic rings. The molecule has 2 nitrogen and oxygen atoms in total. The number of rotatable bonds is 2. The van der Waals surface area contributed by atoms with Crippen LogP contribution < -0.4 is 4.74 Å². The maximum absolute atomic E-state index is 12.2. The second kappa shape index (κ2) is 4.42. The summed E-state index contributed by atoms with van der Waals surface area (Å²) in [5.74, 6) is 0.944. The zero-order chi connectivity index (χ0) is 12.5. The summed E-state index contributed by atoms with van der Waals surface area (Å²) in [5.41, 5.74) is 2.72. The summed E-state index contributed by atoms with van der Waals surface area (Å²) in [6, 6.07) is 9.65. The van der Waals surface area contributed by atoms with Gasteiger partial charge in [0.15, 0.2) is 5.78 Å². The predicted molar refractivity (Wildman–Crippen MR) is 73.3 cm³/mol. The molecule has 0 saturated heterocycles. The molecule has 1 heterocycles. The van der Waals surface area contributed by atoms with Crippen molar-refractivity contribution >= 4 is 23.2 Å². The van der Waals surface area contributed by atoms with Crippen LogP contribution >= 0.6 is 11.3 Å². The van der Waals surface area contributed by atoms with Crippen molar-refractivity contribution in [3.63, 3.8) is 0 Å². The van der Waals surface area contributed by atoms with Gasteiger partial charge in [0.25, 0.3) is 0 Å². The lowest BCUT2D eigenvalue weighted by atomic mass is 10.1. The molecule has 0 saturated carbocycles. The third kappa shape index (κ3) is 1.87. The molecule has 1 aromatic heterocycles. The van der Waals surface area contributed by atoms with E-state index in [9.17, 15) is 4.79 Å². The minimum absolute atomic E-state index is 0.140. The molecule has 3 rings (SSSR count). The predicted octanol–water partition coefficient (Wildman–Crippen LogP) is 3.58. The lowest BCUT2D eigenvalue weighted by Gasteiger charge is -2.01. The van der Waals surface area contributed by atoms with Crippen LogP contribution in [0.5, 0.6) is 5.75 Å². The van der Waals surface area contributed by atoms with E-state index in [1.807, 2.05) is 41.8 Å². The van der Waals surface area contributed by atoms with Gasteiger partial charge in [-0.1, -0.05) is 6.07 Å². The van der Waals surface area contributed by atoms with Gasteiger partial charge in [-0.2, -0.15) is 0 Å². The topological polar surface area (TPSA) is 26.3 Å². The number of allylic oxidation sites excluding steroid dienone is 1. The Morgan fingerprint density at radius 2 is 2.22 bits per heavy atom. The molecule has 0 atom stereocenters. The van der Waals surface area contributed by atoms with Crippen LogP contribution in [0.25, 0.3) is 6.08 Å². The van der Waals surface area contributed by atoms with Gasteiger partial charge in [0.05, 0.1) is 7.11 Å². The first-order valence-electron chi connectivity index (χ1n) is 5.73. The number of fused-ring (bicyclic) bond motifs is 1. The average Bonchev–Trinajstić information content (AvgIpc) is 2.99. The van der Waals surface area contributed by atoms with E-state index in [4.69, 9.17) is 4.74 Å². The van der Waals surface area contributed by atoms with Crippen LogP contribution in [0.4, 0.5) is 0 Å². The van der Waals surface area contributed by atoms with Crippen LogP contribution in [0, 0.1) is 0 Å². The molecular formula is C15H12O2S. The Morgan fingerprint density at radius 3 is 2.94 bits per heavy atom. The average molecular weight is 256 g/mol. The largest absolute Gasteiger partial charge is 0.497 e. The van der Waals surface area contributed by atoms with E-state index < -0.39 is 0 Å². The number of ether oxygens (including phenoxy) is 1. The Hall–Kier alpha value is -1.87. The third-order valence-corrected chi connectivity index (χ3v) is 3.91. The molecule has 0 spiro atoms. The molecule has 3 heteroatoms. The van der Waals surface area contributed by atoms with E-state index in [1.54, 1.807) is 18.4 Å². The first-order chi connectivity index (χ1) is 8.78. The summed E-state index contributed by atoms with van der Waals surface area (Å²) < 4.78 is 5.19. The highest BCUT2D eigenvalue weighted by atomic mass is 32.1. The van der Waals surface area contributed by atoms with Crippen molar-refractivity contribution in [2.75, 3.05) is 7.11 Å². The second-order valence-corrected chi connectivity index (χ2v) is 5.19. The molecular weight excluding hydrogens is 244 g/mol. The summed E-state index contributed by atoms with van der Waals surface area (Å²) >= 11 is 1.64. The maximum atomic E-state index is 12.2. The lowest BCUT2D eigenvalue weighted by molar-refractivity contribution is 0.104. The van der Waals surface area contributed by atoms with Crippen LogP contribution in [0.1, 0.15) is 20.8 Å². The number of carbonyl (C=O) groups is 1. The molecule has 2 aromatic rings. The highest BCUT2D eigenvalue weighted by molar-refractivity contribution is 7.10. The van der Waals surface area contributed by atoms with E-state index >= 15 is 0 Å². The van der Waals surface area contributed by atoms with Crippen LogP contribution in [-0.2, 0) is 6.42 Å². The molecule has 0 aliphatic heterocycles. The molecule has 0 N–H and O–H groups in total. The van der Waals surface area contributed by atoms with Crippen molar-refractivity contribution in [1.29, 1.82) is 0 Å². The zero-order valence-electron chi connectivity index (χ0n) is 9.97. The Bertz CT molecular complexity index is 624. The fourth-order valence-corrected chi connectivity index (χ4v) is 2.87. The summed E-state index contributed by atoms with van der Waals surface area (Å²) in [6.07, 6.45) is 2.68. The second-order valence-electron chi connectivity index (χ2n) is 4.21. The number of benzene rings is 1. The molecule has 0 bridgehead atoms. The van der Waals surface area contributed by atoms with Gasteiger partial charge in [0, 0.05) is 22.4 Å². The van der Waals surface area contributed by atoms with Crippen LogP contribution in [-0.4, -0.2) is 12.9 Å². The van der Waals surface area contributed by atoms with Gasteiger partial charge in [0.1, 0.15) is 5.75 Å². The summed E-state index contributed by atoms with van der Waals surface area (Å²) in [6.45, 7) is 0. The minimum atomic E-state index is 0.140. The lowest BCUT2D eigenvalue weighted by Crippen LogP contribution is -1.94. The molecule has 0 fully saturated rings. The van der Waals surface area contributed by atoms with Crippen molar-refractivity contribution in [2.24, 2.45) is 0 Å². The third-order valence-electron chi connectivity index (χ3n) is 3.09. The van der Waals surface area contributed by atoms with Gasteiger partial charge in [-0.15, -0.1) is 11.3 Å². The van der Waals surface area contributed by atoms with E-state index in [0.717, 1.165) is 27.3 Å². The van der Waals surface area contributed by atoms with Crippen molar-refractivity contribution in [3.05, 3.63) is 57.3 Å². The fourth-order valence-electron chi connectivity index (χ4n) is 2.18. The van der Waals surface area contributed by atoms with Gasteiger partial charge >= 0.3 is 0 Å². The van der Waals surface area contributed by atoms with Gasteiger partial charge in [0.2, 0.25) is 0 Å². The summed E-state index contributed by atoms with van der Waals surface area (Å²) in [7, 11) is 1.64. The van der Waals surface area contributed by atoms with Crippen LogP contribution in [0.15, 0.2) is 41.3 Å². The molecule has 1 aliphatic carbocycles. The SMILES string of the molecule is COc1ccc2c(c1)C/C(=C/c1cccs1)C2=O. The number of carbonyl (C=O) groups excluding carboxylic acids is 1. The first kappa shape index (κ1) is 11.2. The van der Waals surface area contributed by atoms with Gasteiger partial charge in [-0.05, 0) is 41.3 Å². The van der Waals surface area contributed by atoms with Gasteiger partial charge in [-0.25, -0.2) is 0 Å². The van der Waals surface area contributed by atoms with Gasteiger partial charge in [-0.3, -0.25) is 4.79 Å². The Labute approximate surface area is 110 Å². The quantitative estimate of drug-likeness (QED) is 0.768. The number of hydrogen-bond acceptors (Lipinski definition) is 3. The van der Waals surface area contributed by atoms with E-state index in [0.29, 0.717) is 6.42 Å². The minimum Gasteiger partial charge on any atom is -0.497 e. The highest BCUT2D eigenvalue weighted by Crippen LogP contribution is 2.31. The molecule has 0 amide bonds. The molecule has 1 aromatic carbocycles. The normalized spacial score (nSPS) is 16.1. The van der Waals surface area contributed by atoms with Crippen LogP contribution in [0.2, 0.25) is 0 Å². The Kier molecular flexibility index (Phi) is 2.76. The number of methoxy groups -OCH3 is 1. The van der Waals surface area contributed by atoms with E-state index in [-0.39, 0.29) is 5.78 Å². The highest BCUT2D eigenvalue weighted by Gasteiger charge is 2.25. The van der Waals surface area contributed by atoms with Crippen molar-refractivity contribution in [3.8, 4) is 5.75 Å². The van der Waals surface area contributed by atoms with Crippen molar-refractivity contribution in [1.82, 2.24) is 0 Å². The fraction of sp³-hybridized carbons (Fsp3) is 0.133. The number of ketones is 1. The number of hydrogen-bond donors (Lipinski definition) is 0. The molecule has 0 radical (unpaired) electrons. The zero-order valence-corrected chi connectivity index (χ0v) is 10.8. The van der Waals surface area contributed by atoms with E-state index in [1.165, 1.54) is 0 Å². The monoisotopic (exact) mass is 256 g/mol. The van der Waals surface area contributed by atoms with Gasteiger partial charge < -0.3 is 4.74 Å². The number of Topliss-reactive ketones (excluding diaryl/α,β-unsaturated/α-hetero) is 1. The van der Waals surface area contributed by atoms with Crippen molar-refractivity contribution in [2.45, 2.75) is 6.42 Å². The smallest absolute Gasteiger partial charge is 0.189 e. The standard InChI is InChI=1S/C15H12O2S/c1-17-12-4-5-14-10(8-12)7-11(15(14)16)9-13-3-2-6-18-13/h2-6,8-9H,7H2,1H3/b11-9-. The van der Waals surface area contributed by atoms with Crippen molar-refractivity contribution < 1.29 is 9.53 Å². The summed E-state index contributed by atoms with van der Waals surface area (Å²) in [5, 5.41) is 2.02. The van der Waals surface area contributed by atoms with E-state index in [2.05, 4.69) is 0 Å². The summed E-state index contributed by atoms with van der Waals surface area (Å²) in [4.78, 5) is 13.3. The Morgan fingerprint density at radius 1 is 1.33 bits per heavy atom. The molecule has 0 unspecified atom stereocenters.